The topological polar surface area (TPSA) is 86.9 Å². The number of nitrogens with zero attached hydrogens (tertiary/aromatic N) is 5. The van der Waals surface area contributed by atoms with Gasteiger partial charge in [0, 0.05) is 11.2 Å². The largest absolute Gasteiger partial charge is 0.471 e. The Labute approximate surface area is 184 Å². The van der Waals surface area contributed by atoms with Crippen LogP contribution in [0.3, 0.4) is 0 Å². The first-order valence-electron chi connectivity index (χ1n) is 9.65. The molecule has 0 aliphatic heterocycles. The Kier molecular flexibility index (Phi) is 5.99. The molecule has 2 heterocycles. The Morgan fingerprint density at radius 3 is 2.65 bits per heavy atom. The van der Waals surface area contributed by atoms with E-state index < -0.39 is 5.91 Å². The highest BCUT2D eigenvalue weighted by molar-refractivity contribution is 6.30. The highest BCUT2D eigenvalue weighted by Crippen LogP contribution is 2.19. The van der Waals surface area contributed by atoms with Crippen LogP contribution in [0.2, 0.25) is 5.02 Å². The highest BCUT2D eigenvalue weighted by Gasteiger charge is 2.13. The van der Waals surface area contributed by atoms with Crippen molar-refractivity contribution in [1.29, 1.82) is 0 Å². The molecule has 0 aliphatic carbocycles. The molecule has 0 atom stereocenters. The van der Waals surface area contributed by atoms with E-state index in [2.05, 4.69) is 26.6 Å². The number of ether oxygens (including phenoxy) is 1. The highest BCUT2D eigenvalue weighted by atomic mass is 35.5. The summed E-state index contributed by atoms with van der Waals surface area (Å²) in [5.41, 5.74) is 3.49. The lowest BCUT2D eigenvalue weighted by Gasteiger charge is -2.09. The van der Waals surface area contributed by atoms with Gasteiger partial charge in [-0.2, -0.15) is 5.10 Å². The van der Waals surface area contributed by atoms with Crippen LogP contribution < -0.4 is 10.1 Å². The van der Waals surface area contributed by atoms with Crippen molar-refractivity contribution < 1.29 is 9.53 Å². The van der Waals surface area contributed by atoms with Crippen molar-refractivity contribution >= 4 is 23.5 Å². The summed E-state index contributed by atoms with van der Waals surface area (Å²) in [6.45, 7) is 4.74. The fraction of sp³-hybridized carbons (Fsp3) is 0.182. The third-order valence-corrected chi connectivity index (χ3v) is 4.83. The lowest BCUT2D eigenvalue weighted by molar-refractivity contribution is 0.101. The second-order valence-corrected chi connectivity index (χ2v) is 7.57. The molecule has 0 fully saturated rings. The molecule has 4 rings (SSSR count). The van der Waals surface area contributed by atoms with Gasteiger partial charge in [0.15, 0.2) is 12.4 Å². The first-order valence-corrected chi connectivity index (χ1v) is 10.0. The molecule has 8 nitrogen and oxygen atoms in total. The summed E-state index contributed by atoms with van der Waals surface area (Å²) in [6.07, 6.45) is 3.24. The van der Waals surface area contributed by atoms with E-state index in [1.807, 2.05) is 50.2 Å². The minimum Gasteiger partial charge on any atom is -0.471 e. The number of aromatic nitrogens is 5. The predicted molar refractivity (Wildman–Crippen MR) is 117 cm³/mol. The van der Waals surface area contributed by atoms with E-state index in [9.17, 15) is 4.79 Å². The molecular weight excluding hydrogens is 416 g/mol. The molecule has 1 amide bonds. The van der Waals surface area contributed by atoms with Crippen molar-refractivity contribution in [2.75, 3.05) is 5.32 Å². The van der Waals surface area contributed by atoms with Gasteiger partial charge in [0.05, 0.1) is 6.54 Å². The second-order valence-electron chi connectivity index (χ2n) is 7.13. The number of carbonyl (C=O) groups is 1. The molecule has 2 aromatic heterocycles. The van der Waals surface area contributed by atoms with E-state index in [1.54, 1.807) is 28.0 Å². The number of hydrogen-bond acceptors (Lipinski definition) is 5. The summed E-state index contributed by atoms with van der Waals surface area (Å²) in [4.78, 5) is 16.6. The van der Waals surface area contributed by atoms with Gasteiger partial charge in [-0.1, -0.05) is 41.4 Å². The summed E-state index contributed by atoms with van der Waals surface area (Å²) < 4.78 is 8.98. The van der Waals surface area contributed by atoms with Gasteiger partial charge in [0.25, 0.3) is 5.91 Å². The molecule has 0 saturated carbocycles. The summed E-state index contributed by atoms with van der Waals surface area (Å²) in [5, 5.41) is 11.9. The van der Waals surface area contributed by atoms with E-state index >= 15 is 0 Å². The van der Waals surface area contributed by atoms with Gasteiger partial charge in [-0.15, -0.1) is 5.10 Å². The van der Waals surface area contributed by atoms with Crippen LogP contribution in [0.15, 0.2) is 61.1 Å². The summed E-state index contributed by atoms with van der Waals surface area (Å²) in [6, 6.07) is 15.0. The van der Waals surface area contributed by atoms with Crippen molar-refractivity contribution in [2.45, 2.75) is 27.1 Å². The molecule has 9 heteroatoms. The molecule has 0 bridgehead atoms. The Hall–Kier alpha value is -3.65. The van der Waals surface area contributed by atoms with Crippen molar-refractivity contribution in [3.63, 3.8) is 0 Å². The minimum atomic E-state index is -0.394. The maximum atomic E-state index is 12.5. The van der Waals surface area contributed by atoms with Gasteiger partial charge in [-0.25, -0.2) is 14.3 Å². The van der Waals surface area contributed by atoms with Crippen LogP contribution in [0.4, 0.5) is 5.95 Å². The summed E-state index contributed by atoms with van der Waals surface area (Å²) >= 11 is 5.90. The van der Waals surface area contributed by atoms with Gasteiger partial charge in [0.2, 0.25) is 5.95 Å². The number of anilines is 1. The summed E-state index contributed by atoms with van der Waals surface area (Å²) in [7, 11) is 0. The quantitative estimate of drug-likeness (QED) is 0.471. The monoisotopic (exact) mass is 436 g/mol. The Bertz CT molecular complexity index is 1200. The van der Waals surface area contributed by atoms with Crippen LogP contribution in [-0.4, -0.2) is 30.5 Å². The van der Waals surface area contributed by atoms with Crippen LogP contribution >= 0.6 is 11.6 Å². The van der Waals surface area contributed by atoms with Crippen LogP contribution in [0.25, 0.3) is 0 Å². The first kappa shape index (κ1) is 20.6. The van der Waals surface area contributed by atoms with E-state index in [0.29, 0.717) is 11.6 Å². The van der Waals surface area contributed by atoms with Crippen molar-refractivity contribution in [3.8, 4) is 5.75 Å². The number of rotatable bonds is 7. The molecule has 0 aliphatic rings. The van der Waals surface area contributed by atoms with Crippen molar-refractivity contribution in [2.24, 2.45) is 0 Å². The molecule has 4 aromatic rings. The zero-order valence-electron chi connectivity index (χ0n) is 17.1. The average molecular weight is 437 g/mol. The Balaban J connectivity index is 1.33. The molecule has 1 N–H and O–H groups in total. The van der Waals surface area contributed by atoms with E-state index in [-0.39, 0.29) is 18.4 Å². The molecule has 0 spiro atoms. The number of aryl methyl sites for hydroxylation is 2. The molecule has 0 saturated heterocycles. The third kappa shape index (κ3) is 5.29. The lowest BCUT2D eigenvalue weighted by atomic mass is 10.1. The maximum Gasteiger partial charge on any atom is 0.278 e. The molecule has 2 aromatic carbocycles. The van der Waals surface area contributed by atoms with Gasteiger partial charge in [-0.3, -0.25) is 10.1 Å². The summed E-state index contributed by atoms with van der Waals surface area (Å²) in [5.74, 6) is 0.595. The number of benzene rings is 2. The molecule has 0 unspecified atom stereocenters. The number of amides is 1. The molecule has 0 radical (unpaired) electrons. The van der Waals surface area contributed by atoms with E-state index in [1.165, 1.54) is 5.56 Å². The van der Waals surface area contributed by atoms with Crippen molar-refractivity contribution in [1.82, 2.24) is 24.5 Å². The molecule has 158 valence electrons. The number of nitrogens with one attached hydrogen (secondary N) is 1. The zero-order valence-corrected chi connectivity index (χ0v) is 17.9. The Morgan fingerprint density at radius 1 is 1.06 bits per heavy atom. The predicted octanol–water partition coefficient (Wildman–Crippen LogP) is 4.08. The van der Waals surface area contributed by atoms with Crippen LogP contribution in [-0.2, 0) is 13.3 Å². The average Bonchev–Trinajstić information content (AvgIpc) is 3.39. The van der Waals surface area contributed by atoms with Gasteiger partial charge >= 0.3 is 0 Å². The van der Waals surface area contributed by atoms with Crippen LogP contribution in [0, 0.1) is 13.8 Å². The smallest absolute Gasteiger partial charge is 0.278 e. The van der Waals surface area contributed by atoms with E-state index in [0.717, 1.165) is 16.9 Å². The standard InChI is InChI=1S/C22H21ClN6O2/c1-15-3-8-20(16(2)11-15)31-14-28-10-9-19(26-28)21(30)25-22-24-13-29(27-22)12-17-4-6-18(23)7-5-17/h3-11,13H,12,14H2,1-2H3,(H,25,27,30). The molecular formula is C22H21ClN6O2. The Morgan fingerprint density at radius 2 is 1.87 bits per heavy atom. The van der Waals surface area contributed by atoms with Gasteiger partial charge in [-0.05, 0) is 49.2 Å². The number of hydrogen-bond donors (Lipinski definition) is 1. The lowest BCUT2D eigenvalue weighted by Crippen LogP contribution is -2.15. The van der Waals surface area contributed by atoms with Crippen LogP contribution in [0.1, 0.15) is 27.2 Å². The second kappa shape index (κ2) is 9.01. The fourth-order valence-corrected chi connectivity index (χ4v) is 3.15. The SMILES string of the molecule is Cc1ccc(OCn2ccc(C(=O)Nc3ncn(Cc4ccc(Cl)cc4)n3)n2)c(C)c1. The number of halogens is 1. The minimum absolute atomic E-state index is 0.200. The normalized spacial score (nSPS) is 10.8. The maximum absolute atomic E-state index is 12.5. The van der Waals surface area contributed by atoms with Crippen molar-refractivity contribution in [3.05, 3.63) is 88.5 Å². The number of carbonyl (C=O) groups excluding carboxylic acids is 1. The first-order chi connectivity index (χ1) is 15.0. The zero-order chi connectivity index (χ0) is 21.8. The third-order valence-electron chi connectivity index (χ3n) is 4.58. The van der Waals surface area contributed by atoms with Crippen LogP contribution in [0.5, 0.6) is 5.75 Å². The van der Waals surface area contributed by atoms with Gasteiger partial charge in [0.1, 0.15) is 12.1 Å². The molecule has 31 heavy (non-hydrogen) atoms. The fourth-order valence-electron chi connectivity index (χ4n) is 3.02. The van der Waals surface area contributed by atoms with E-state index in [4.69, 9.17) is 16.3 Å². The van der Waals surface area contributed by atoms with Gasteiger partial charge < -0.3 is 4.74 Å².